The maximum absolute atomic E-state index is 13.0. The zero-order valence-corrected chi connectivity index (χ0v) is 16.5. The first kappa shape index (κ1) is 19.3. The molecule has 0 bridgehead atoms. The van der Waals surface area contributed by atoms with Crippen molar-refractivity contribution in [2.24, 2.45) is 0 Å². The number of halogens is 2. The van der Waals surface area contributed by atoms with Crippen LogP contribution in [0.2, 0.25) is 0 Å². The third-order valence-electron chi connectivity index (χ3n) is 3.42. The minimum absolute atomic E-state index is 0.0925. The zero-order valence-electron chi connectivity index (χ0n) is 14.1. The Balaban J connectivity index is 1.80. The van der Waals surface area contributed by atoms with Gasteiger partial charge in [-0.15, -0.1) is 3.89 Å². The van der Waals surface area contributed by atoms with Crippen molar-refractivity contribution >= 4 is 32.0 Å². The number of hydrogen-bond donors (Lipinski definition) is 0. The molecule has 0 saturated carbocycles. The SMILES string of the molecule is C=S(=O)(F)Oc1ccc(OC(Oc2ccc(Br)cc2)c2ccccc2)cc1. The number of benzene rings is 3. The number of hydrogen-bond acceptors (Lipinski definition) is 4. The molecule has 0 aliphatic heterocycles. The average Bonchev–Trinajstić information content (AvgIpc) is 2.64. The van der Waals surface area contributed by atoms with Crippen LogP contribution in [0.1, 0.15) is 11.9 Å². The van der Waals surface area contributed by atoms with Gasteiger partial charge in [0.1, 0.15) is 17.2 Å². The van der Waals surface area contributed by atoms with Gasteiger partial charge >= 0.3 is 0 Å². The largest absolute Gasteiger partial charge is 0.451 e. The first-order chi connectivity index (χ1) is 12.9. The van der Waals surface area contributed by atoms with Gasteiger partial charge in [0, 0.05) is 15.9 Å². The second-order valence-electron chi connectivity index (χ2n) is 5.53. The van der Waals surface area contributed by atoms with Gasteiger partial charge in [-0.2, -0.15) is 4.21 Å². The van der Waals surface area contributed by atoms with Gasteiger partial charge in [0.25, 0.3) is 16.5 Å². The lowest BCUT2D eigenvalue weighted by Gasteiger charge is -2.21. The Kier molecular flexibility index (Phi) is 6.03. The number of rotatable bonds is 7. The van der Waals surface area contributed by atoms with Gasteiger partial charge in [0.15, 0.2) is 0 Å². The van der Waals surface area contributed by atoms with Crippen LogP contribution in [0.3, 0.4) is 0 Å². The molecule has 0 spiro atoms. The normalized spacial score (nSPS) is 14.0. The van der Waals surface area contributed by atoms with Crippen LogP contribution in [-0.2, 0) is 10.2 Å². The summed E-state index contributed by atoms with van der Waals surface area (Å²) in [6.07, 6.45) is -0.697. The fourth-order valence-electron chi connectivity index (χ4n) is 2.25. The van der Waals surface area contributed by atoms with Crippen LogP contribution in [-0.4, -0.2) is 10.1 Å². The van der Waals surface area contributed by atoms with Gasteiger partial charge in [-0.05, 0) is 48.5 Å². The van der Waals surface area contributed by atoms with Crippen LogP contribution < -0.4 is 13.7 Å². The molecular formula is C20H16BrFO4S. The molecule has 0 aliphatic carbocycles. The smallest absolute Gasteiger partial charge is 0.279 e. The van der Waals surface area contributed by atoms with Gasteiger partial charge in [0.2, 0.25) is 0 Å². The van der Waals surface area contributed by atoms with Gasteiger partial charge < -0.3 is 13.7 Å². The van der Waals surface area contributed by atoms with E-state index in [9.17, 15) is 8.09 Å². The quantitative estimate of drug-likeness (QED) is 0.270. The number of ether oxygens (including phenoxy) is 2. The molecule has 2 atom stereocenters. The Morgan fingerprint density at radius 3 is 1.81 bits per heavy atom. The molecule has 140 valence electrons. The summed E-state index contributed by atoms with van der Waals surface area (Å²) in [5.41, 5.74) is 0.824. The van der Waals surface area contributed by atoms with Crippen LogP contribution in [0, 0.1) is 0 Å². The first-order valence-corrected chi connectivity index (χ1v) is 10.2. The van der Waals surface area contributed by atoms with Crippen LogP contribution in [0.4, 0.5) is 3.89 Å². The lowest BCUT2D eigenvalue weighted by Crippen LogP contribution is -2.15. The summed E-state index contributed by atoms with van der Waals surface area (Å²) in [7, 11) is -4.07. The van der Waals surface area contributed by atoms with E-state index in [-0.39, 0.29) is 5.75 Å². The molecule has 0 radical (unpaired) electrons. The Hall–Kier alpha value is -2.51. The van der Waals surface area contributed by atoms with E-state index in [1.54, 1.807) is 12.1 Å². The highest BCUT2D eigenvalue weighted by Gasteiger charge is 2.15. The predicted octanol–water partition coefficient (Wildman–Crippen LogP) is 5.50. The molecule has 3 rings (SSSR count). The average molecular weight is 451 g/mol. The Bertz CT molecular complexity index is 975. The molecule has 3 aromatic carbocycles. The fourth-order valence-corrected chi connectivity index (χ4v) is 2.91. The summed E-state index contributed by atoms with van der Waals surface area (Å²) < 4.78 is 41.5. The Morgan fingerprint density at radius 2 is 1.30 bits per heavy atom. The van der Waals surface area contributed by atoms with Crippen molar-refractivity contribution in [2.75, 3.05) is 0 Å². The molecule has 27 heavy (non-hydrogen) atoms. The molecule has 0 heterocycles. The van der Waals surface area contributed by atoms with E-state index in [2.05, 4.69) is 26.0 Å². The first-order valence-electron chi connectivity index (χ1n) is 7.89. The standard InChI is InChI=1S/C20H16BrFO4S/c1-27(22,23)26-19-13-11-18(12-14-19)25-20(15-5-3-2-4-6-15)24-17-9-7-16(21)8-10-17/h2-14,20H,1H2. The van der Waals surface area contributed by atoms with Crippen LogP contribution in [0.25, 0.3) is 0 Å². The predicted molar refractivity (Wildman–Crippen MR) is 108 cm³/mol. The Morgan fingerprint density at radius 1 is 0.815 bits per heavy atom. The van der Waals surface area contributed by atoms with E-state index in [0.29, 0.717) is 11.5 Å². The van der Waals surface area contributed by atoms with Crippen LogP contribution >= 0.6 is 15.9 Å². The van der Waals surface area contributed by atoms with Gasteiger partial charge in [0.05, 0.1) is 0 Å². The maximum atomic E-state index is 13.0. The van der Waals surface area contributed by atoms with Crippen molar-refractivity contribution in [1.82, 2.24) is 0 Å². The minimum Gasteiger partial charge on any atom is -0.451 e. The molecule has 2 unspecified atom stereocenters. The molecule has 0 amide bonds. The minimum atomic E-state index is -4.07. The molecule has 0 aliphatic rings. The van der Waals surface area contributed by atoms with Crippen molar-refractivity contribution in [3.8, 4) is 17.2 Å². The van der Waals surface area contributed by atoms with Crippen molar-refractivity contribution in [3.05, 3.63) is 88.9 Å². The van der Waals surface area contributed by atoms with E-state index in [0.717, 1.165) is 10.0 Å². The van der Waals surface area contributed by atoms with E-state index < -0.39 is 16.5 Å². The molecule has 0 N–H and O–H groups in total. The molecular weight excluding hydrogens is 435 g/mol. The third-order valence-corrected chi connectivity index (χ3v) is 4.39. The van der Waals surface area contributed by atoms with E-state index in [1.165, 1.54) is 12.1 Å². The van der Waals surface area contributed by atoms with Crippen molar-refractivity contribution in [2.45, 2.75) is 6.29 Å². The maximum Gasteiger partial charge on any atom is 0.279 e. The Labute approximate surface area is 166 Å². The molecule has 0 saturated heterocycles. The van der Waals surface area contributed by atoms with Crippen molar-refractivity contribution in [3.63, 3.8) is 0 Å². The van der Waals surface area contributed by atoms with Gasteiger partial charge in [-0.1, -0.05) is 46.3 Å². The fraction of sp³-hybridized carbons (Fsp3) is 0.0500. The van der Waals surface area contributed by atoms with Gasteiger partial charge in [-0.3, -0.25) is 0 Å². The molecule has 4 nitrogen and oxygen atoms in total. The zero-order chi connectivity index (χ0) is 19.3. The highest BCUT2D eigenvalue weighted by molar-refractivity contribution is 9.10. The summed E-state index contributed by atoms with van der Waals surface area (Å²) in [5.74, 6) is 4.02. The highest BCUT2D eigenvalue weighted by atomic mass is 79.9. The van der Waals surface area contributed by atoms with E-state index in [4.69, 9.17) is 9.47 Å². The molecule has 0 aromatic heterocycles. The summed E-state index contributed by atoms with van der Waals surface area (Å²) in [5, 5.41) is 0. The highest BCUT2D eigenvalue weighted by Crippen LogP contribution is 2.28. The summed E-state index contributed by atoms with van der Waals surface area (Å²) in [6, 6.07) is 22.9. The monoisotopic (exact) mass is 450 g/mol. The second kappa shape index (κ2) is 8.45. The summed E-state index contributed by atoms with van der Waals surface area (Å²) in [6.45, 7) is 0. The van der Waals surface area contributed by atoms with Crippen LogP contribution in [0.15, 0.2) is 83.3 Å². The lowest BCUT2D eigenvalue weighted by atomic mass is 10.2. The summed E-state index contributed by atoms with van der Waals surface area (Å²) in [4.78, 5) is 0. The molecule has 7 heteroatoms. The van der Waals surface area contributed by atoms with E-state index >= 15 is 0 Å². The van der Waals surface area contributed by atoms with Crippen molar-refractivity contribution < 1.29 is 21.8 Å². The van der Waals surface area contributed by atoms with Crippen LogP contribution in [0.5, 0.6) is 17.2 Å². The summed E-state index contributed by atoms with van der Waals surface area (Å²) >= 11 is 3.39. The van der Waals surface area contributed by atoms with E-state index in [1.807, 2.05) is 54.6 Å². The molecule has 0 fully saturated rings. The topological polar surface area (TPSA) is 44.8 Å². The second-order valence-corrected chi connectivity index (χ2v) is 7.69. The van der Waals surface area contributed by atoms with Gasteiger partial charge in [-0.25, -0.2) is 0 Å². The third kappa shape index (κ3) is 6.01. The lowest BCUT2D eigenvalue weighted by molar-refractivity contribution is 0.00378. The van der Waals surface area contributed by atoms with Crippen molar-refractivity contribution in [1.29, 1.82) is 0 Å². The molecule has 3 aromatic rings.